The first kappa shape index (κ1) is 89.6. The number of carbonyl (C=O) groups excluding carboxylic acids is 6. The third-order valence-corrected chi connectivity index (χ3v) is 16.8. The second-order valence-corrected chi connectivity index (χ2v) is 26.9. The van der Waals surface area contributed by atoms with Gasteiger partial charge in [0.1, 0.15) is 60.1 Å². The third-order valence-electron chi connectivity index (χ3n) is 16.8. The summed E-state index contributed by atoms with van der Waals surface area (Å²) in [5.41, 5.74) is 0.499. The molecular weight excluding hydrogens is 1320 g/mol. The third kappa shape index (κ3) is 36.7. The molecule has 2 aliphatic heterocycles. The average Bonchev–Trinajstić information content (AvgIpc) is 0.852. The molecule has 0 spiro atoms. The zero-order valence-corrected chi connectivity index (χ0v) is 63.8. The Balaban J connectivity index is 0.000000537. The Labute approximate surface area is 606 Å². The minimum absolute atomic E-state index is 0.0365. The van der Waals surface area contributed by atoms with Crippen molar-refractivity contribution in [2.24, 2.45) is 0 Å². The van der Waals surface area contributed by atoms with Gasteiger partial charge in [0.15, 0.2) is 0 Å². The number of hydrogen-bond acceptors (Lipinski definition) is 26. The van der Waals surface area contributed by atoms with Gasteiger partial charge in [-0.2, -0.15) is 0 Å². The van der Waals surface area contributed by atoms with E-state index in [-0.39, 0.29) is 82.5 Å². The summed E-state index contributed by atoms with van der Waals surface area (Å²) in [6.45, 7) is 35.7. The van der Waals surface area contributed by atoms with Crippen LogP contribution in [0.1, 0.15) is 121 Å². The van der Waals surface area contributed by atoms with Crippen LogP contribution in [0.3, 0.4) is 0 Å². The summed E-state index contributed by atoms with van der Waals surface area (Å²) >= 11 is 0. The van der Waals surface area contributed by atoms with E-state index in [1.807, 2.05) is 137 Å². The van der Waals surface area contributed by atoms with Crippen molar-refractivity contribution in [3.8, 4) is 11.5 Å². The van der Waals surface area contributed by atoms with Crippen molar-refractivity contribution in [1.82, 2.24) is 39.2 Å². The molecule has 4 rings (SSSR count). The number of hydrogen-bond donors (Lipinski definition) is 2. The number of nitrogens with zero attached hydrogens (tertiary/aromatic N) is 8. The summed E-state index contributed by atoms with van der Waals surface area (Å²) in [5.74, 6) is -2.70. The number of carboxylic acid groups (broad SMARTS) is 2. The summed E-state index contributed by atoms with van der Waals surface area (Å²) in [4.78, 5) is 119. The number of rotatable bonds is 36. The predicted molar refractivity (Wildman–Crippen MR) is 386 cm³/mol. The van der Waals surface area contributed by atoms with Crippen LogP contribution in [0.25, 0.3) is 0 Å². The maximum absolute atomic E-state index is 13.8. The average molecular weight is 1450 g/mol. The molecule has 4 unspecified atom stereocenters. The molecule has 0 radical (unpaired) electrons. The van der Waals surface area contributed by atoms with Gasteiger partial charge in [-0.15, -0.1) is 0 Å². The van der Waals surface area contributed by atoms with Crippen LogP contribution in [-0.4, -0.2) is 330 Å². The minimum atomic E-state index is -0.981. The molecular formula is C74H124N8O20. The SMILES string of the molecule is CCOCCOc1ccc(CC(C(=O)OCC)N2CCN(CC(=O)O)CCN(C(CC)C(=O)OCC)CCN(CC(=O)O)CC2)cc1.CCOCCOc1ccc(CC(C(=O)OCC)N2CCN(CC(=O)OC(C)(C)C)CCN(C(CC)C(=O)OCC)CCN(CC(=O)OC(C)(C)C)CC2)cc1. The van der Waals surface area contributed by atoms with Gasteiger partial charge in [-0.25, -0.2) is 0 Å². The molecule has 0 aliphatic carbocycles. The summed E-state index contributed by atoms with van der Waals surface area (Å²) in [7, 11) is 0. The molecule has 2 aromatic carbocycles. The van der Waals surface area contributed by atoms with Crippen molar-refractivity contribution < 1.29 is 95.9 Å². The van der Waals surface area contributed by atoms with Crippen LogP contribution in [-0.2, 0) is 89.1 Å². The predicted octanol–water partition coefficient (Wildman–Crippen LogP) is 5.13. The van der Waals surface area contributed by atoms with Gasteiger partial charge in [-0.1, -0.05) is 38.1 Å². The van der Waals surface area contributed by atoms with E-state index in [1.165, 1.54) is 0 Å². The fourth-order valence-corrected chi connectivity index (χ4v) is 11.9. The highest BCUT2D eigenvalue weighted by molar-refractivity contribution is 5.78. The van der Waals surface area contributed by atoms with Gasteiger partial charge in [0.25, 0.3) is 0 Å². The van der Waals surface area contributed by atoms with Crippen molar-refractivity contribution in [3.63, 3.8) is 0 Å². The smallest absolute Gasteiger partial charge is 0.323 e. The van der Waals surface area contributed by atoms with Gasteiger partial charge < -0.3 is 57.6 Å². The Kier molecular flexibility index (Phi) is 43.2. The van der Waals surface area contributed by atoms with Crippen LogP contribution in [0.2, 0.25) is 0 Å². The van der Waals surface area contributed by atoms with E-state index in [2.05, 4.69) is 9.80 Å². The van der Waals surface area contributed by atoms with Gasteiger partial charge in [-0.3, -0.25) is 77.6 Å². The normalized spacial score (nSPS) is 17.4. The van der Waals surface area contributed by atoms with Crippen LogP contribution in [0, 0.1) is 0 Å². The first-order valence-electron chi connectivity index (χ1n) is 36.6. The van der Waals surface area contributed by atoms with Gasteiger partial charge in [0.2, 0.25) is 0 Å². The molecule has 2 fully saturated rings. The first-order valence-corrected chi connectivity index (χ1v) is 36.6. The number of carbonyl (C=O) groups is 8. The van der Waals surface area contributed by atoms with Crippen molar-refractivity contribution in [2.45, 2.75) is 158 Å². The fourth-order valence-electron chi connectivity index (χ4n) is 11.9. The van der Waals surface area contributed by atoms with Crippen LogP contribution < -0.4 is 9.47 Å². The number of benzene rings is 2. The van der Waals surface area contributed by atoms with E-state index in [4.69, 9.17) is 47.4 Å². The monoisotopic (exact) mass is 1440 g/mol. The second kappa shape index (κ2) is 49.2. The van der Waals surface area contributed by atoms with Gasteiger partial charge >= 0.3 is 47.8 Å². The molecule has 2 aliphatic rings. The number of aliphatic carboxylic acids is 2. The summed E-state index contributed by atoms with van der Waals surface area (Å²) < 4.78 is 55.6. The van der Waals surface area contributed by atoms with E-state index in [0.717, 1.165) is 11.1 Å². The molecule has 2 aromatic rings. The second-order valence-electron chi connectivity index (χ2n) is 26.9. The van der Waals surface area contributed by atoms with E-state index in [0.29, 0.717) is 182 Å². The Morgan fingerprint density at radius 3 is 0.843 bits per heavy atom. The Morgan fingerprint density at radius 1 is 0.353 bits per heavy atom. The zero-order valence-electron chi connectivity index (χ0n) is 63.8. The Hall–Kier alpha value is -6.60. The largest absolute Gasteiger partial charge is 0.491 e. The van der Waals surface area contributed by atoms with Crippen molar-refractivity contribution >= 4 is 47.8 Å². The lowest BCUT2D eigenvalue weighted by atomic mass is 10.0. The van der Waals surface area contributed by atoms with Gasteiger partial charge in [0, 0.05) is 118 Å². The van der Waals surface area contributed by atoms with Crippen molar-refractivity contribution in [2.75, 3.05) is 197 Å². The molecule has 0 amide bonds. The molecule has 2 N–H and O–H groups in total. The van der Waals surface area contributed by atoms with Crippen molar-refractivity contribution in [3.05, 3.63) is 59.7 Å². The quantitative estimate of drug-likeness (QED) is 0.0507. The summed E-state index contributed by atoms with van der Waals surface area (Å²) in [6.07, 6.45) is 1.74. The van der Waals surface area contributed by atoms with Gasteiger partial charge in [-0.05, 0) is 144 Å². The standard InChI is InChI=1S/C41H70N4O10.C33H54N4O10/c1-11-34(38(48)51-13-3)44-23-19-42(30-36(46)54-40(5,6)7)21-25-45(26-22-43(20-24-44)31-37(47)55-41(8,9)10)35(39(49)52-14-4)29-32-15-17-33(18-16-32)53-28-27-50-12-2;1-5-28(32(42)45-7-3)36-17-13-34(24-30(38)39)15-19-37(20-16-35(14-18-36)25-31(40)41)29(33(43)46-8-4)23-26-9-11-27(12-10-26)47-22-21-44-6-2/h15-18,34-35H,11-14,19-31H2,1-10H3;9-12,28-29H,5-8,13-25H2,1-4H3,(H,38,39)(H,40,41). The van der Waals surface area contributed by atoms with Crippen molar-refractivity contribution in [1.29, 1.82) is 0 Å². The molecule has 28 heteroatoms. The highest BCUT2D eigenvalue weighted by Crippen LogP contribution is 2.21. The molecule has 2 saturated heterocycles. The van der Waals surface area contributed by atoms with E-state index >= 15 is 0 Å². The summed E-state index contributed by atoms with van der Waals surface area (Å²) in [6, 6.07) is 12.8. The highest BCUT2D eigenvalue weighted by atomic mass is 16.6. The topological polar surface area (TPSA) is 295 Å². The molecule has 2 heterocycles. The number of ether oxygens (including phenoxy) is 10. The molecule has 0 bridgehead atoms. The van der Waals surface area contributed by atoms with Crippen LogP contribution in [0.5, 0.6) is 11.5 Å². The molecule has 0 saturated carbocycles. The Bertz CT molecular complexity index is 2670. The van der Waals surface area contributed by atoms with Crippen LogP contribution in [0.4, 0.5) is 0 Å². The van der Waals surface area contributed by atoms with E-state index in [1.54, 1.807) is 37.5 Å². The van der Waals surface area contributed by atoms with Gasteiger partial charge in [0.05, 0.1) is 65.8 Å². The number of carboxylic acids is 2. The number of esters is 6. The maximum atomic E-state index is 13.8. The molecule has 580 valence electrons. The lowest BCUT2D eigenvalue weighted by molar-refractivity contribution is -0.157. The van der Waals surface area contributed by atoms with E-state index < -0.39 is 53.3 Å². The fraction of sp³-hybridized carbons (Fsp3) is 0.730. The van der Waals surface area contributed by atoms with Crippen LogP contribution >= 0.6 is 0 Å². The summed E-state index contributed by atoms with van der Waals surface area (Å²) in [5, 5.41) is 19.4. The molecule has 4 atom stereocenters. The maximum Gasteiger partial charge on any atom is 0.323 e. The van der Waals surface area contributed by atoms with E-state index in [9.17, 15) is 48.6 Å². The highest BCUT2D eigenvalue weighted by Gasteiger charge is 2.35. The molecule has 28 nitrogen and oxygen atoms in total. The lowest BCUT2D eigenvalue weighted by Crippen LogP contribution is -2.54. The minimum Gasteiger partial charge on any atom is -0.491 e. The zero-order chi connectivity index (χ0) is 75.6. The molecule has 0 aromatic heterocycles. The first-order chi connectivity index (χ1) is 48.6. The van der Waals surface area contributed by atoms with Crippen LogP contribution in [0.15, 0.2) is 48.5 Å². The Morgan fingerprint density at radius 2 is 0.608 bits per heavy atom. The lowest BCUT2D eigenvalue weighted by Gasteiger charge is -2.38. The molecule has 102 heavy (non-hydrogen) atoms.